The summed E-state index contributed by atoms with van der Waals surface area (Å²) < 4.78 is 37.2. The minimum absolute atomic E-state index is 0.0344. The van der Waals surface area contributed by atoms with Crippen molar-refractivity contribution in [2.75, 3.05) is 41.7 Å². The van der Waals surface area contributed by atoms with Gasteiger partial charge in [0.2, 0.25) is 5.78 Å². The van der Waals surface area contributed by atoms with Gasteiger partial charge in [0.1, 0.15) is 28.9 Å². The molecule has 0 radical (unpaired) electrons. The van der Waals surface area contributed by atoms with Crippen LogP contribution in [0.2, 0.25) is 0 Å². The molecule has 0 aliphatic carbocycles. The summed E-state index contributed by atoms with van der Waals surface area (Å²) in [6.45, 7) is -0.0544. The van der Waals surface area contributed by atoms with E-state index < -0.39 is 6.10 Å². The van der Waals surface area contributed by atoms with Gasteiger partial charge in [-0.05, 0) is 22.4 Å². The highest BCUT2D eigenvalue weighted by Gasteiger charge is 2.48. The number of benzene rings is 1. The molecule has 2 atom stereocenters. The molecule has 1 saturated heterocycles. The Morgan fingerprint density at radius 2 is 1.61 bits per heavy atom. The van der Waals surface area contributed by atoms with Gasteiger partial charge in [-0.3, -0.25) is 4.79 Å². The standard InChI is InChI=1S/C19H22O8S/c1-21-9-24-13-6-14(25-10-22-2)16(15(7-13)26-11-23-3)17(20)19-18(27-19)12-4-5-28-8-12/h4-8,18-19H,9-11H2,1-3H3/t18-,19-/m1/s1. The fraction of sp³-hybridized carbons (Fsp3) is 0.421. The molecule has 1 fully saturated rings. The van der Waals surface area contributed by atoms with Crippen molar-refractivity contribution in [1.29, 1.82) is 0 Å². The van der Waals surface area contributed by atoms with Gasteiger partial charge in [-0.25, -0.2) is 0 Å². The monoisotopic (exact) mass is 410 g/mol. The topological polar surface area (TPSA) is 85.0 Å². The summed E-state index contributed by atoms with van der Waals surface area (Å²) in [7, 11) is 4.50. The third-order valence-electron chi connectivity index (χ3n) is 3.92. The Morgan fingerprint density at radius 3 is 2.14 bits per heavy atom. The van der Waals surface area contributed by atoms with Crippen molar-refractivity contribution in [3.63, 3.8) is 0 Å². The van der Waals surface area contributed by atoms with Crippen molar-refractivity contribution >= 4 is 17.1 Å². The normalized spacial score (nSPS) is 18.0. The van der Waals surface area contributed by atoms with Crippen LogP contribution in [0.25, 0.3) is 0 Å². The fourth-order valence-corrected chi connectivity index (χ4v) is 3.32. The largest absolute Gasteiger partial charge is 0.467 e. The van der Waals surface area contributed by atoms with E-state index in [4.69, 9.17) is 33.2 Å². The number of hydrogen-bond donors (Lipinski definition) is 0. The first kappa shape index (κ1) is 20.6. The summed E-state index contributed by atoms with van der Waals surface area (Å²) in [5.41, 5.74) is 1.23. The Kier molecular flexibility index (Phi) is 7.24. The molecule has 28 heavy (non-hydrogen) atoms. The van der Waals surface area contributed by atoms with Crippen LogP contribution in [0.4, 0.5) is 0 Å². The summed E-state index contributed by atoms with van der Waals surface area (Å²) in [6.07, 6.45) is -0.871. The zero-order valence-electron chi connectivity index (χ0n) is 15.8. The van der Waals surface area contributed by atoms with Gasteiger partial charge in [-0.1, -0.05) is 0 Å². The molecule has 152 valence electrons. The lowest BCUT2D eigenvalue weighted by Crippen LogP contribution is -2.15. The third-order valence-corrected chi connectivity index (χ3v) is 4.62. The average Bonchev–Trinajstić information content (AvgIpc) is 3.32. The lowest BCUT2D eigenvalue weighted by molar-refractivity contribution is 0.0397. The SMILES string of the molecule is COCOc1cc(OCOC)c(C(=O)[C@H]2O[C@@H]2c2ccsc2)c(OCOC)c1. The zero-order chi connectivity index (χ0) is 19.9. The van der Waals surface area contributed by atoms with Crippen LogP contribution in [0.3, 0.4) is 0 Å². The number of Topliss-reactive ketones (excluding diaryl/α,β-unsaturated/α-hetero) is 1. The van der Waals surface area contributed by atoms with Crippen molar-refractivity contribution < 1.29 is 38.0 Å². The molecular formula is C19H22O8S. The van der Waals surface area contributed by atoms with E-state index in [-0.39, 0.29) is 49.3 Å². The number of ether oxygens (including phenoxy) is 7. The number of carbonyl (C=O) groups excluding carboxylic acids is 1. The quantitative estimate of drug-likeness (QED) is 0.300. The van der Waals surface area contributed by atoms with Gasteiger partial charge in [0.15, 0.2) is 26.5 Å². The van der Waals surface area contributed by atoms with Crippen LogP contribution in [0.1, 0.15) is 22.0 Å². The molecule has 3 rings (SSSR count). The smallest absolute Gasteiger partial charge is 0.202 e. The number of ketones is 1. The molecule has 0 amide bonds. The molecule has 1 aromatic heterocycles. The van der Waals surface area contributed by atoms with E-state index in [1.165, 1.54) is 21.3 Å². The first-order chi connectivity index (χ1) is 13.7. The highest BCUT2D eigenvalue weighted by atomic mass is 32.1. The van der Waals surface area contributed by atoms with Crippen LogP contribution in [0.5, 0.6) is 17.2 Å². The minimum Gasteiger partial charge on any atom is -0.467 e. The first-order valence-corrected chi connectivity index (χ1v) is 9.38. The molecule has 1 aliphatic heterocycles. The molecule has 2 aromatic rings. The van der Waals surface area contributed by atoms with E-state index in [0.29, 0.717) is 5.75 Å². The lowest BCUT2D eigenvalue weighted by Gasteiger charge is -2.17. The van der Waals surface area contributed by atoms with Crippen molar-refractivity contribution in [3.8, 4) is 17.2 Å². The number of thiophene rings is 1. The van der Waals surface area contributed by atoms with Crippen molar-refractivity contribution in [2.45, 2.75) is 12.2 Å². The van der Waals surface area contributed by atoms with E-state index in [2.05, 4.69) is 0 Å². The second-order valence-corrected chi connectivity index (χ2v) is 6.63. The number of carbonyl (C=O) groups is 1. The van der Waals surface area contributed by atoms with E-state index in [1.807, 2.05) is 16.8 Å². The van der Waals surface area contributed by atoms with Crippen LogP contribution in [0, 0.1) is 0 Å². The Morgan fingerprint density at radius 1 is 1.00 bits per heavy atom. The number of hydrogen-bond acceptors (Lipinski definition) is 9. The Hall–Kier alpha value is -2.17. The summed E-state index contributed by atoms with van der Waals surface area (Å²) in [5.74, 6) is 0.714. The van der Waals surface area contributed by atoms with Gasteiger partial charge >= 0.3 is 0 Å². The summed E-state index contributed by atoms with van der Waals surface area (Å²) in [6, 6.07) is 5.12. The van der Waals surface area contributed by atoms with E-state index >= 15 is 0 Å². The molecule has 1 aromatic carbocycles. The molecule has 1 aliphatic rings. The van der Waals surface area contributed by atoms with Gasteiger partial charge in [0, 0.05) is 33.5 Å². The number of epoxide rings is 1. The average molecular weight is 410 g/mol. The van der Waals surface area contributed by atoms with E-state index in [1.54, 1.807) is 23.5 Å². The maximum atomic E-state index is 13.2. The molecular weight excluding hydrogens is 388 g/mol. The molecule has 0 unspecified atom stereocenters. The maximum Gasteiger partial charge on any atom is 0.202 e. The summed E-state index contributed by atoms with van der Waals surface area (Å²) in [4.78, 5) is 13.2. The van der Waals surface area contributed by atoms with Crippen LogP contribution >= 0.6 is 11.3 Å². The molecule has 8 nitrogen and oxygen atoms in total. The highest BCUT2D eigenvalue weighted by Crippen LogP contribution is 2.45. The van der Waals surface area contributed by atoms with Gasteiger partial charge in [-0.15, -0.1) is 0 Å². The first-order valence-electron chi connectivity index (χ1n) is 8.44. The van der Waals surface area contributed by atoms with E-state index in [0.717, 1.165) is 5.56 Å². The fourth-order valence-electron chi connectivity index (χ4n) is 2.64. The van der Waals surface area contributed by atoms with Crippen LogP contribution in [0.15, 0.2) is 29.0 Å². The summed E-state index contributed by atoms with van der Waals surface area (Å²) in [5, 5.41) is 3.91. The predicted octanol–water partition coefficient (Wildman–Crippen LogP) is 3.02. The van der Waals surface area contributed by atoms with Gasteiger partial charge < -0.3 is 33.2 Å². The predicted molar refractivity (Wildman–Crippen MR) is 100 cm³/mol. The van der Waals surface area contributed by atoms with Crippen LogP contribution in [-0.4, -0.2) is 53.6 Å². The highest BCUT2D eigenvalue weighted by molar-refractivity contribution is 7.08. The molecule has 9 heteroatoms. The Balaban J connectivity index is 1.92. The maximum absolute atomic E-state index is 13.2. The number of methoxy groups -OCH3 is 3. The zero-order valence-corrected chi connectivity index (χ0v) is 16.7. The lowest BCUT2D eigenvalue weighted by atomic mass is 10.0. The van der Waals surface area contributed by atoms with Crippen molar-refractivity contribution in [3.05, 3.63) is 40.1 Å². The second-order valence-electron chi connectivity index (χ2n) is 5.85. The third kappa shape index (κ3) is 4.81. The van der Waals surface area contributed by atoms with Gasteiger partial charge in [-0.2, -0.15) is 11.3 Å². The van der Waals surface area contributed by atoms with E-state index in [9.17, 15) is 4.79 Å². The van der Waals surface area contributed by atoms with Crippen molar-refractivity contribution in [2.24, 2.45) is 0 Å². The van der Waals surface area contributed by atoms with Crippen LogP contribution < -0.4 is 14.2 Å². The molecule has 0 saturated carbocycles. The molecule has 0 spiro atoms. The van der Waals surface area contributed by atoms with Crippen molar-refractivity contribution in [1.82, 2.24) is 0 Å². The van der Waals surface area contributed by atoms with Gasteiger partial charge in [0.25, 0.3) is 0 Å². The number of rotatable bonds is 12. The second kappa shape index (κ2) is 9.85. The van der Waals surface area contributed by atoms with Crippen LogP contribution in [-0.2, 0) is 18.9 Å². The van der Waals surface area contributed by atoms with Gasteiger partial charge in [0.05, 0.1) is 0 Å². The molecule has 0 bridgehead atoms. The molecule has 2 heterocycles. The Bertz CT molecular complexity index is 747. The molecule has 0 N–H and O–H groups in total. The Labute approximate surface area is 166 Å². The minimum atomic E-state index is -0.602. The summed E-state index contributed by atoms with van der Waals surface area (Å²) >= 11 is 1.55.